The summed E-state index contributed by atoms with van der Waals surface area (Å²) in [5, 5.41) is 20.9. The Labute approximate surface area is 366 Å². The van der Waals surface area contributed by atoms with E-state index >= 15 is 0 Å². The third kappa shape index (κ3) is 7.20. The van der Waals surface area contributed by atoms with Crippen molar-refractivity contribution < 1.29 is 9.59 Å². The van der Waals surface area contributed by atoms with Crippen LogP contribution in [0.2, 0.25) is 0 Å². The number of hydrogen-bond acceptors (Lipinski definition) is 11. The van der Waals surface area contributed by atoms with Gasteiger partial charge < -0.3 is 41.0 Å². The highest BCUT2D eigenvalue weighted by atomic mass is 32.1. The van der Waals surface area contributed by atoms with Gasteiger partial charge in [0.1, 0.15) is 15.5 Å². The smallest absolute Gasteiger partial charge is 0.271 e. The zero-order valence-corrected chi connectivity index (χ0v) is 36.4. The highest BCUT2D eigenvalue weighted by molar-refractivity contribution is 7.21. The van der Waals surface area contributed by atoms with E-state index in [1.54, 1.807) is 0 Å². The van der Waals surface area contributed by atoms with Crippen LogP contribution in [0, 0.1) is 6.92 Å². The summed E-state index contributed by atoms with van der Waals surface area (Å²) in [6.07, 6.45) is 8.20. The molecule has 6 aromatic rings. The van der Waals surface area contributed by atoms with Crippen LogP contribution in [0.5, 0.6) is 0 Å². The molecule has 5 atom stereocenters. The van der Waals surface area contributed by atoms with E-state index < -0.39 is 0 Å². The van der Waals surface area contributed by atoms with Gasteiger partial charge in [0.15, 0.2) is 11.3 Å². The lowest BCUT2D eigenvalue weighted by atomic mass is 9.87. The molecule has 1 aliphatic carbocycles. The molecule has 11 rings (SSSR count). The maximum absolute atomic E-state index is 13.4. The summed E-state index contributed by atoms with van der Waals surface area (Å²) < 4.78 is 2.26. The van der Waals surface area contributed by atoms with E-state index in [1.165, 1.54) is 58.1 Å². The number of anilines is 4. The molecule has 2 amide bonds. The van der Waals surface area contributed by atoms with Gasteiger partial charge in [-0.2, -0.15) is 0 Å². The number of thiophene rings is 1. The number of rotatable bonds is 10. The van der Waals surface area contributed by atoms with Crippen molar-refractivity contribution in [2.45, 2.75) is 102 Å². The number of aromatic nitrogens is 4. The van der Waals surface area contributed by atoms with Crippen LogP contribution in [0.15, 0.2) is 66.7 Å². The van der Waals surface area contributed by atoms with E-state index in [4.69, 9.17) is 5.73 Å². The molecule has 14 heteroatoms. The van der Waals surface area contributed by atoms with Gasteiger partial charge in [-0.3, -0.25) is 9.59 Å². The van der Waals surface area contributed by atoms with Gasteiger partial charge in [-0.1, -0.05) is 18.2 Å². The average Bonchev–Trinajstić information content (AvgIpc) is 4.00. The molecular formula is C48H55N11O2S. The summed E-state index contributed by atoms with van der Waals surface area (Å²) in [6, 6.07) is 25.8. The molecule has 4 aromatic heterocycles. The molecule has 13 nitrogen and oxygen atoms in total. The summed E-state index contributed by atoms with van der Waals surface area (Å²) >= 11 is 1.37. The molecule has 8 heterocycles. The molecule has 5 N–H and O–H groups in total. The number of hydrogen-bond donors (Lipinski definition) is 4. The number of nitrogens with two attached hydrogens (primary N) is 1. The lowest BCUT2D eigenvalue weighted by Crippen LogP contribution is -2.54. The van der Waals surface area contributed by atoms with Gasteiger partial charge in [-0.15, -0.1) is 21.5 Å². The van der Waals surface area contributed by atoms with Crippen LogP contribution in [0.4, 0.5) is 22.9 Å². The fourth-order valence-corrected chi connectivity index (χ4v) is 12.1. The second-order valence-corrected chi connectivity index (χ2v) is 19.2. The number of benzene rings is 2. The number of nitrogen functional groups attached to an aromatic ring is 1. The van der Waals surface area contributed by atoms with Crippen LogP contribution < -0.4 is 36.4 Å². The summed E-state index contributed by atoms with van der Waals surface area (Å²) in [4.78, 5) is 40.3. The van der Waals surface area contributed by atoms with Crippen molar-refractivity contribution in [3.8, 4) is 0 Å². The van der Waals surface area contributed by atoms with E-state index in [-0.39, 0.29) is 17.9 Å². The summed E-state index contributed by atoms with van der Waals surface area (Å²) in [5.41, 5.74) is 15.5. The molecule has 320 valence electrons. The SMILES string of the molecule is CCn1c(N2[C@@H]3CC[C@H]2CN(c2ccc4c(c2)CC[C@H](NC(=O)c2sc5nc(C)ccc5c2N)C4)C3)cc2cc(C(=O)NCCc3ccc(N4C[C@H]5CC[C@@H](C4)N5)cc3)nnc21. The third-order valence-corrected chi connectivity index (χ3v) is 15.3. The summed E-state index contributed by atoms with van der Waals surface area (Å²) in [7, 11) is 0. The summed E-state index contributed by atoms with van der Waals surface area (Å²) in [5.74, 6) is 0.866. The Morgan fingerprint density at radius 2 is 1.60 bits per heavy atom. The largest absolute Gasteiger partial charge is 0.397 e. The van der Waals surface area contributed by atoms with Crippen molar-refractivity contribution in [3.63, 3.8) is 0 Å². The number of aryl methyl sites for hydroxylation is 3. The first-order chi connectivity index (χ1) is 30.2. The minimum Gasteiger partial charge on any atom is -0.397 e. The Balaban J connectivity index is 0.715. The second kappa shape index (κ2) is 15.9. The zero-order valence-electron chi connectivity index (χ0n) is 35.6. The van der Waals surface area contributed by atoms with Crippen molar-refractivity contribution in [2.75, 3.05) is 53.2 Å². The van der Waals surface area contributed by atoms with Gasteiger partial charge in [0.2, 0.25) is 0 Å². The molecule has 5 aliphatic rings. The number of nitrogens with one attached hydrogen (secondary N) is 3. The number of carbonyl (C=O) groups excluding carboxylic acids is 2. The van der Waals surface area contributed by atoms with Crippen LogP contribution in [-0.2, 0) is 25.8 Å². The van der Waals surface area contributed by atoms with E-state index in [2.05, 4.69) is 106 Å². The average molecular weight is 850 g/mol. The first-order valence-corrected chi connectivity index (χ1v) is 23.4. The van der Waals surface area contributed by atoms with Crippen LogP contribution in [0.1, 0.15) is 81.6 Å². The lowest BCUT2D eigenvalue weighted by Gasteiger charge is -2.43. The van der Waals surface area contributed by atoms with E-state index in [0.717, 1.165) is 98.2 Å². The maximum atomic E-state index is 13.4. The van der Waals surface area contributed by atoms with Crippen molar-refractivity contribution in [1.29, 1.82) is 0 Å². The first-order valence-electron chi connectivity index (χ1n) is 22.6. The molecule has 2 aromatic carbocycles. The van der Waals surface area contributed by atoms with Gasteiger partial charge >= 0.3 is 0 Å². The van der Waals surface area contributed by atoms with Crippen molar-refractivity contribution in [2.24, 2.45) is 0 Å². The number of pyridine rings is 1. The Morgan fingerprint density at radius 3 is 2.37 bits per heavy atom. The van der Waals surface area contributed by atoms with Crippen molar-refractivity contribution in [3.05, 3.63) is 99.7 Å². The molecule has 62 heavy (non-hydrogen) atoms. The zero-order chi connectivity index (χ0) is 42.1. The number of amides is 2. The Bertz CT molecular complexity index is 2670. The minimum absolute atomic E-state index is 0.0614. The van der Waals surface area contributed by atoms with Gasteiger partial charge in [-0.25, -0.2) is 4.98 Å². The van der Waals surface area contributed by atoms with Crippen molar-refractivity contribution >= 4 is 67.3 Å². The Kier molecular flexibility index (Phi) is 10.0. The van der Waals surface area contributed by atoms with Crippen LogP contribution in [0.25, 0.3) is 21.3 Å². The Morgan fingerprint density at radius 1 is 0.839 bits per heavy atom. The molecule has 0 unspecified atom stereocenters. The van der Waals surface area contributed by atoms with Crippen molar-refractivity contribution in [1.82, 2.24) is 35.7 Å². The van der Waals surface area contributed by atoms with Crippen LogP contribution >= 0.6 is 11.3 Å². The fraction of sp³-hybridized carbons (Fsp3) is 0.438. The second-order valence-electron chi connectivity index (χ2n) is 18.2. The first kappa shape index (κ1) is 39.1. The van der Waals surface area contributed by atoms with Gasteiger partial charge in [-0.05, 0) is 130 Å². The number of fused-ring (bicyclic) bond motifs is 7. The topological polar surface area (TPSA) is 150 Å². The lowest BCUT2D eigenvalue weighted by molar-refractivity contribution is 0.0934. The van der Waals surface area contributed by atoms with E-state index in [1.807, 2.05) is 25.1 Å². The number of carbonyl (C=O) groups is 2. The molecule has 0 radical (unpaired) electrons. The normalized spacial score (nSPS) is 23.0. The number of nitrogens with zero attached hydrogens (tertiary/aromatic N) is 7. The third-order valence-electron chi connectivity index (χ3n) is 14.2. The molecule has 4 saturated heterocycles. The van der Waals surface area contributed by atoms with Crippen LogP contribution in [-0.4, -0.2) is 94.5 Å². The molecule has 4 bridgehead atoms. The monoisotopic (exact) mass is 849 g/mol. The quantitative estimate of drug-likeness (QED) is 0.129. The molecule has 4 aliphatic heterocycles. The maximum Gasteiger partial charge on any atom is 0.271 e. The van der Waals surface area contributed by atoms with E-state index in [9.17, 15) is 9.59 Å². The fourth-order valence-electron chi connectivity index (χ4n) is 11.0. The highest BCUT2D eigenvalue weighted by Gasteiger charge is 2.42. The predicted octanol–water partition coefficient (Wildman–Crippen LogP) is 6.01. The van der Waals surface area contributed by atoms with Gasteiger partial charge in [0, 0.05) is 97.3 Å². The molecule has 4 fully saturated rings. The summed E-state index contributed by atoms with van der Waals surface area (Å²) in [6.45, 7) is 9.46. The minimum atomic E-state index is -0.192. The molecule has 0 saturated carbocycles. The predicted molar refractivity (Wildman–Crippen MR) is 248 cm³/mol. The highest BCUT2D eigenvalue weighted by Crippen LogP contribution is 2.40. The van der Waals surface area contributed by atoms with Gasteiger partial charge in [0.05, 0.1) is 5.69 Å². The number of piperazine rings is 2. The molecular weight excluding hydrogens is 795 g/mol. The van der Waals surface area contributed by atoms with Gasteiger partial charge in [0.25, 0.3) is 11.8 Å². The standard InChI is InChI=1S/C48H55N11O2S/c1-3-58-42(23-32-22-41(54-55-45(32)58)46(60)50-19-18-29-5-12-36(13-6-29)56-24-34-10-11-35(25-56)52-34)59-38-15-16-39(59)27-57(26-38)37-14-8-30-20-33(9-7-31(30)21-37)53-47(61)44-43(49)40-17-4-28(2)51-48(40)62-44/h4-6,8,12-14,17,21-23,33-35,38-39,52H,3,7,9-11,15-16,18-20,24-27,49H2,1-2H3,(H,50,60)(H,53,61)/t33-,34-,35+,38-,39+/m0/s1. The Hall–Kier alpha value is -5.73. The molecule has 0 spiro atoms. The van der Waals surface area contributed by atoms with E-state index in [0.29, 0.717) is 47.0 Å². The van der Waals surface area contributed by atoms with Crippen LogP contribution in [0.3, 0.4) is 0 Å².